The fraction of sp³-hybridized carbons (Fsp3) is 0.105. The summed E-state index contributed by atoms with van der Waals surface area (Å²) in [6, 6.07) is 15.8. The molecule has 0 saturated carbocycles. The van der Waals surface area contributed by atoms with Gasteiger partial charge in [-0.2, -0.15) is 0 Å². The van der Waals surface area contributed by atoms with Crippen molar-refractivity contribution in [2.24, 2.45) is 0 Å². The molecule has 4 nitrogen and oxygen atoms in total. The standard InChI is InChI=1S/C19H14N2O2/c1-23-11-6-7-16-15(10-11)13-8-9-20-17-12-4-2-3-5-14(12)19(22)21(16)18(13)17/h2-10,19,22H,1H3. The number of hydrogen-bond acceptors (Lipinski definition) is 3. The minimum absolute atomic E-state index is 0.712. The zero-order valence-corrected chi connectivity index (χ0v) is 12.5. The van der Waals surface area contributed by atoms with Crippen LogP contribution in [0.25, 0.3) is 33.1 Å². The van der Waals surface area contributed by atoms with Crippen LogP contribution in [0.4, 0.5) is 0 Å². The van der Waals surface area contributed by atoms with Crippen LogP contribution in [0.15, 0.2) is 54.7 Å². The molecule has 0 saturated heterocycles. The van der Waals surface area contributed by atoms with Gasteiger partial charge in [0.15, 0.2) is 6.23 Å². The molecular formula is C19H14N2O2. The van der Waals surface area contributed by atoms with Crippen molar-refractivity contribution in [2.75, 3.05) is 7.11 Å². The van der Waals surface area contributed by atoms with E-state index in [1.165, 1.54) is 0 Å². The maximum Gasteiger partial charge on any atom is 0.158 e. The molecule has 0 bridgehead atoms. The first-order chi connectivity index (χ1) is 11.3. The minimum atomic E-state index is -0.712. The highest BCUT2D eigenvalue weighted by molar-refractivity contribution is 6.13. The van der Waals surface area contributed by atoms with Gasteiger partial charge in [-0.1, -0.05) is 24.3 Å². The number of hydrogen-bond donors (Lipinski definition) is 1. The van der Waals surface area contributed by atoms with Crippen LogP contribution in [0, 0.1) is 0 Å². The molecule has 0 fully saturated rings. The Balaban J connectivity index is 2.02. The number of methoxy groups -OCH3 is 1. The van der Waals surface area contributed by atoms with Gasteiger partial charge in [0.1, 0.15) is 5.75 Å². The van der Waals surface area contributed by atoms with Gasteiger partial charge in [-0.15, -0.1) is 0 Å². The molecular weight excluding hydrogens is 288 g/mol. The molecule has 0 spiro atoms. The maximum absolute atomic E-state index is 10.9. The highest BCUT2D eigenvalue weighted by Crippen LogP contribution is 2.44. The van der Waals surface area contributed by atoms with Crippen molar-refractivity contribution >= 4 is 21.8 Å². The van der Waals surface area contributed by atoms with E-state index in [4.69, 9.17) is 4.74 Å². The third-order valence-corrected chi connectivity index (χ3v) is 4.66. The molecule has 3 heterocycles. The smallest absolute Gasteiger partial charge is 0.158 e. The van der Waals surface area contributed by atoms with Crippen LogP contribution in [0.5, 0.6) is 5.75 Å². The molecule has 0 amide bonds. The number of aliphatic hydroxyl groups is 1. The van der Waals surface area contributed by atoms with Gasteiger partial charge in [-0.3, -0.25) is 4.98 Å². The molecule has 23 heavy (non-hydrogen) atoms. The van der Waals surface area contributed by atoms with Gasteiger partial charge in [-0.05, 0) is 24.3 Å². The van der Waals surface area contributed by atoms with Gasteiger partial charge < -0.3 is 14.4 Å². The van der Waals surface area contributed by atoms with Crippen molar-refractivity contribution in [1.29, 1.82) is 0 Å². The Morgan fingerprint density at radius 3 is 2.83 bits per heavy atom. The summed E-state index contributed by atoms with van der Waals surface area (Å²) in [5, 5.41) is 13.1. The van der Waals surface area contributed by atoms with Gasteiger partial charge in [0, 0.05) is 28.1 Å². The number of fused-ring (bicyclic) bond motifs is 5. The number of aliphatic hydroxyl groups excluding tert-OH is 1. The predicted octanol–water partition coefficient (Wildman–Crippen LogP) is 3.72. The number of ether oxygens (including phenoxy) is 1. The first-order valence-corrected chi connectivity index (χ1v) is 7.53. The number of benzene rings is 2. The second-order valence-corrected chi connectivity index (χ2v) is 5.77. The normalized spacial score (nSPS) is 15.8. The first kappa shape index (κ1) is 12.7. The summed E-state index contributed by atoms with van der Waals surface area (Å²) in [4.78, 5) is 4.59. The quantitative estimate of drug-likeness (QED) is 0.583. The third kappa shape index (κ3) is 1.51. The van der Waals surface area contributed by atoms with Crippen molar-refractivity contribution in [2.45, 2.75) is 6.23 Å². The Hall–Kier alpha value is -2.85. The monoisotopic (exact) mass is 302 g/mol. The molecule has 0 aliphatic carbocycles. The SMILES string of the molecule is COc1ccc2c(c1)c1ccnc3c1n2C(O)c1ccccc1-3. The van der Waals surface area contributed by atoms with E-state index in [-0.39, 0.29) is 0 Å². The molecule has 2 aromatic heterocycles. The van der Waals surface area contributed by atoms with Crippen LogP contribution < -0.4 is 4.74 Å². The molecule has 0 radical (unpaired) electrons. The van der Waals surface area contributed by atoms with Gasteiger partial charge >= 0.3 is 0 Å². The van der Waals surface area contributed by atoms with Gasteiger partial charge in [0.05, 0.1) is 23.8 Å². The summed E-state index contributed by atoms with van der Waals surface area (Å²) < 4.78 is 7.33. The van der Waals surface area contributed by atoms with Crippen LogP contribution in [0.2, 0.25) is 0 Å². The van der Waals surface area contributed by atoms with Gasteiger partial charge in [0.25, 0.3) is 0 Å². The lowest BCUT2D eigenvalue weighted by atomic mass is 9.98. The Morgan fingerprint density at radius 1 is 1.09 bits per heavy atom. The summed E-state index contributed by atoms with van der Waals surface area (Å²) in [6.45, 7) is 0. The van der Waals surface area contributed by atoms with E-state index in [9.17, 15) is 5.11 Å². The summed E-state index contributed by atoms with van der Waals surface area (Å²) in [5.41, 5.74) is 4.75. The number of aromatic nitrogens is 2. The molecule has 2 aromatic carbocycles. The molecule has 4 heteroatoms. The predicted molar refractivity (Wildman–Crippen MR) is 89.6 cm³/mol. The summed E-state index contributed by atoms with van der Waals surface area (Å²) in [6.07, 6.45) is 1.12. The Kier molecular flexibility index (Phi) is 2.39. The fourth-order valence-corrected chi connectivity index (χ4v) is 3.63. The van der Waals surface area contributed by atoms with Crippen LogP contribution in [0.1, 0.15) is 11.8 Å². The van der Waals surface area contributed by atoms with Crippen LogP contribution in [-0.2, 0) is 0 Å². The molecule has 1 aliphatic heterocycles. The summed E-state index contributed by atoms with van der Waals surface area (Å²) in [7, 11) is 1.66. The molecule has 1 aliphatic rings. The Morgan fingerprint density at radius 2 is 1.96 bits per heavy atom. The molecule has 1 N–H and O–H groups in total. The lowest BCUT2D eigenvalue weighted by Gasteiger charge is -2.24. The maximum atomic E-state index is 10.9. The molecule has 1 atom stereocenters. The molecule has 5 rings (SSSR count). The molecule has 112 valence electrons. The van der Waals surface area contributed by atoms with Crippen LogP contribution in [0.3, 0.4) is 0 Å². The third-order valence-electron chi connectivity index (χ3n) is 4.66. The van der Waals surface area contributed by atoms with Crippen molar-refractivity contribution < 1.29 is 9.84 Å². The number of pyridine rings is 1. The zero-order chi connectivity index (χ0) is 15.6. The van der Waals surface area contributed by atoms with Gasteiger partial charge in [0.2, 0.25) is 0 Å². The number of nitrogens with zero attached hydrogens (tertiary/aromatic N) is 2. The van der Waals surface area contributed by atoms with Crippen molar-refractivity contribution in [1.82, 2.24) is 9.55 Å². The van der Waals surface area contributed by atoms with Crippen molar-refractivity contribution in [3.63, 3.8) is 0 Å². The fourth-order valence-electron chi connectivity index (χ4n) is 3.63. The van der Waals surface area contributed by atoms with E-state index in [0.29, 0.717) is 0 Å². The molecule has 1 unspecified atom stereocenters. The average molecular weight is 302 g/mol. The van der Waals surface area contributed by atoms with E-state index in [0.717, 1.165) is 44.4 Å². The van der Waals surface area contributed by atoms with Crippen LogP contribution in [-0.4, -0.2) is 21.8 Å². The summed E-state index contributed by atoms with van der Waals surface area (Å²) >= 11 is 0. The van der Waals surface area contributed by atoms with E-state index in [2.05, 4.69) is 4.98 Å². The average Bonchev–Trinajstić information content (AvgIpc) is 2.94. The van der Waals surface area contributed by atoms with Gasteiger partial charge in [-0.25, -0.2) is 0 Å². The lowest BCUT2D eigenvalue weighted by Crippen LogP contribution is -2.15. The van der Waals surface area contributed by atoms with Crippen molar-refractivity contribution in [3.8, 4) is 17.0 Å². The topological polar surface area (TPSA) is 47.3 Å². The second kappa shape index (κ2) is 4.33. The molecule has 4 aromatic rings. The zero-order valence-electron chi connectivity index (χ0n) is 12.5. The Bertz CT molecular complexity index is 1080. The minimum Gasteiger partial charge on any atom is -0.497 e. The van der Waals surface area contributed by atoms with E-state index in [1.807, 2.05) is 59.3 Å². The van der Waals surface area contributed by atoms with Crippen LogP contribution >= 0.6 is 0 Å². The lowest BCUT2D eigenvalue weighted by molar-refractivity contribution is 0.155. The second-order valence-electron chi connectivity index (χ2n) is 5.77. The largest absolute Gasteiger partial charge is 0.497 e. The Labute approximate surface area is 132 Å². The van der Waals surface area contributed by atoms with E-state index < -0.39 is 6.23 Å². The van der Waals surface area contributed by atoms with Crippen molar-refractivity contribution in [3.05, 3.63) is 60.3 Å². The van der Waals surface area contributed by atoms with E-state index >= 15 is 0 Å². The highest BCUT2D eigenvalue weighted by atomic mass is 16.5. The number of rotatable bonds is 1. The summed E-state index contributed by atoms with van der Waals surface area (Å²) in [5.74, 6) is 0.807. The highest BCUT2D eigenvalue weighted by Gasteiger charge is 2.28. The van der Waals surface area contributed by atoms with E-state index in [1.54, 1.807) is 7.11 Å². The first-order valence-electron chi connectivity index (χ1n) is 7.53.